The van der Waals surface area contributed by atoms with Crippen LogP contribution >= 0.6 is 12.4 Å². The summed E-state index contributed by atoms with van der Waals surface area (Å²) in [6.45, 7) is 4.44. The maximum absolute atomic E-state index is 13.6. The molecule has 0 unspecified atom stereocenters. The Morgan fingerprint density at radius 1 is 1.03 bits per heavy atom. The Kier molecular flexibility index (Phi) is 7.62. The van der Waals surface area contributed by atoms with Gasteiger partial charge in [-0.25, -0.2) is 9.67 Å². The Hall–Kier alpha value is -3.50. The minimum atomic E-state index is -0.417. The van der Waals surface area contributed by atoms with Crippen molar-refractivity contribution in [1.82, 2.24) is 25.0 Å². The third-order valence-electron chi connectivity index (χ3n) is 6.61. The van der Waals surface area contributed by atoms with Crippen LogP contribution in [0.3, 0.4) is 0 Å². The van der Waals surface area contributed by atoms with E-state index in [1.807, 2.05) is 23.1 Å². The number of carbonyl (C=O) groups is 1. The first-order valence-corrected chi connectivity index (χ1v) is 11.6. The number of piperidine rings is 1. The van der Waals surface area contributed by atoms with Crippen molar-refractivity contribution in [2.75, 3.05) is 44.2 Å². The van der Waals surface area contributed by atoms with Gasteiger partial charge in [-0.15, -0.1) is 12.4 Å². The van der Waals surface area contributed by atoms with Crippen LogP contribution in [0.2, 0.25) is 0 Å². The lowest BCUT2D eigenvalue weighted by molar-refractivity contribution is -0.384. The number of nitro benzene ring substituents is 1. The van der Waals surface area contributed by atoms with Crippen molar-refractivity contribution in [2.45, 2.75) is 18.8 Å². The quantitative estimate of drug-likeness (QED) is 0.426. The van der Waals surface area contributed by atoms with Gasteiger partial charge in [0, 0.05) is 50.4 Å². The molecule has 3 aromatic rings. The molecule has 10 nitrogen and oxygen atoms in total. The summed E-state index contributed by atoms with van der Waals surface area (Å²) in [5.74, 6) is 1.10. The van der Waals surface area contributed by atoms with E-state index in [0.717, 1.165) is 56.2 Å². The summed E-state index contributed by atoms with van der Waals surface area (Å²) in [6, 6.07) is 12.2. The van der Waals surface area contributed by atoms with Crippen LogP contribution in [-0.4, -0.2) is 69.8 Å². The van der Waals surface area contributed by atoms with Crippen molar-refractivity contribution in [3.63, 3.8) is 0 Å². The predicted octanol–water partition coefficient (Wildman–Crippen LogP) is 3.03. The molecule has 2 aliphatic rings. The summed E-state index contributed by atoms with van der Waals surface area (Å²) >= 11 is 0. The van der Waals surface area contributed by atoms with Gasteiger partial charge >= 0.3 is 0 Å². The maximum Gasteiger partial charge on any atom is 0.269 e. The summed E-state index contributed by atoms with van der Waals surface area (Å²) in [7, 11) is 0. The molecule has 0 saturated carbocycles. The van der Waals surface area contributed by atoms with E-state index in [1.165, 1.54) is 12.1 Å². The minimum Gasteiger partial charge on any atom is -0.353 e. The zero-order chi connectivity index (χ0) is 23.5. The van der Waals surface area contributed by atoms with E-state index in [4.69, 9.17) is 0 Å². The molecule has 0 aliphatic carbocycles. The number of carbonyl (C=O) groups excluding carboxylic acids is 1. The number of non-ortho nitro benzene ring substituents is 1. The Balaban J connectivity index is 0.00000289. The van der Waals surface area contributed by atoms with Crippen molar-refractivity contribution >= 4 is 29.8 Å². The Bertz CT molecular complexity index is 1160. The first kappa shape index (κ1) is 24.6. The molecule has 4 heterocycles. The number of nitrogens with zero attached hydrogens (tertiary/aromatic N) is 6. The number of nitro groups is 1. The number of anilines is 1. The van der Waals surface area contributed by atoms with Crippen molar-refractivity contribution < 1.29 is 9.72 Å². The fourth-order valence-corrected chi connectivity index (χ4v) is 4.78. The number of pyridine rings is 1. The van der Waals surface area contributed by atoms with Gasteiger partial charge in [0.15, 0.2) is 0 Å². The van der Waals surface area contributed by atoms with Crippen molar-refractivity contribution in [1.29, 1.82) is 0 Å². The molecule has 0 spiro atoms. The number of hydrogen-bond donors (Lipinski definition) is 1. The van der Waals surface area contributed by atoms with Gasteiger partial charge in [-0.3, -0.25) is 14.9 Å². The predicted molar refractivity (Wildman–Crippen MR) is 135 cm³/mol. The average Bonchev–Trinajstić information content (AvgIpc) is 3.35. The lowest BCUT2D eigenvalue weighted by atomic mass is 9.91. The number of rotatable bonds is 5. The molecular formula is C24H28ClN7O3. The number of piperazine rings is 1. The Labute approximate surface area is 209 Å². The molecule has 35 heavy (non-hydrogen) atoms. The highest BCUT2D eigenvalue weighted by molar-refractivity contribution is 5.95. The number of benzene rings is 1. The van der Waals surface area contributed by atoms with Crippen LogP contribution < -0.4 is 10.2 Å². The van der Waals surface area contributed by atoms with Crippen LogP contribution in [0.1, 0.15) is 34.8 Å². The van der Waals surface area contributed by atoms with E-state index >= 15 is 0 Å². The van der Waals surface area contributed by atoms with Crippen LogP contribution in [0.15, 0.2) is 54.9 Å². The third kappa shape index (κ3) is 5.13. The number of halogens is 1. The molecule has 0 radical (unpaired) electrons. The lowest BCUT2D eigenvalue weighted by Crippen LogP contribution is -2.49. The van der Waals surface area contributed by atoms with Gasteiger partial charge in [-0.05, 0) is 50.2 Å². The first-order chi connectivity index (χ1) is 16.6. The third-order valence-corrected chi connectivity index (χ3v) is 6.61. The standard InChI is InChI=1S/C24H27N7O3.ClH/c32-24(29-15-13-28(14-16-29)22-3-1-2-10-26-22)21-17-27-30(23(21)18-8-11-25-12-9-18)19-4-6-20(7-5-19)31(33)34;/h1-7,10,17-18,25H,8-9,11-16H2;1H. The molecule has 2 fully saturated rings. The van der Waals surface area contributed by atoms with E-state index in [9.17, 15) is 14.9 Å². The zero-order valence-corrected chi connectivity index (χ0v) is 20.1. The summed E-state index contributed by atoms with van der Waals surface area (Å²) in [5.41, 5.74) is 2.27. The Morgan fingerprint density at radius 2 is 1.74 bits per heavy atom. The van der Waals surface area contributed by atoms with Crippen LogP contribution in [0.25, 0.3) is 5.69 Å². The molecule has 0 bridgehead atoms. The second-order valence-electron chi connectivity index (χ2n) is 8.62. The van der Waals surface area contributed by atoms with Gasteiger partial charge in [0.05, 0.1) is 28.1 Å². The van der Waals surface area contributed by atoms with E-state index in [0.29, 0.717) is 18.7 Å². The van der Waals surface area contributed by atoms with Gasteiger partial charge in [0.25, 0.3) is 11.6 Å². The fourth-order valence-electron chi connectivity index (χ4n) is 4.78. The molecule has 1 N–H and O–H groups in total. The highest BCUT2D eigenvalue weighted by Crippen LogP contribution is 2.31. The summed E-state index contributed by atoms with van der Waals surface area (Å²) in [4.78, 5) is 32.8. The monoisotopic (exact) mass is 497 g/mol. The second-order valence-corrected chi connectivity index (χ2v) is 8.62. The minimum absolute atomic E-state index is 0. The molecule has 5 rings (SSSR count). The summed E-state index contributed by atoms with van der Waals surface area (Å²) < 4.78 is 1.79. The summed E-state index contributed by atoms with van der Waals surface area (Å²) in [6.07, 6.45) is 5.26. The van der Waals surface area contributed by atoms with Crippen LogP contribution in [-0.2, 0) is 0 Å². The van der Waals surface area contributed by atoms with Gasteiger partial charge in [-0.2, -0.15) is 5.10 Å². The highest BCUT2D eigenvalue weighted by atomic mass is 35.5. The van der Waals surface area contributed by atoms with Crippen molar-refractivity contribution in [2.24, 2.45) is 0 Å². The highest BCUT2D eigenvalue weighted by Gasteiger charge is 2.31. The van der Waals surface area contributed by atoms with Crippen LogP contribution in [0, 0.1) is 10.1 Å². The van der Waals surface area contributed by atoms with Gasteiger partial charge in [0.2, 0.25) is 0 Å². The lowest BCUT2D eigenvalue weighted by Gasteiger charge is -2.35. The van der Waals surface area contributed by atoms with Gasteiger partial charge in [0.1, 0.15) is 5.82 Å². The molecule has 184 valence electrons. The smallest absolute Gasteiger partial charge is 0.269 e. The average molecular weight is 498 g/mol. The molecular weight excluding hydrogens is 470 g/mol. The van der Waals surface area contributed by atoms with E-state index in [2.05, 4.69) is 20.3 Å². The molecule has 11 heteroatoms. The van der Waals surface area contributed by atoms with Crippen molar-refractivity contribution in [3.8, 4) is 5.69 Å². The maximum atomic E-state index is 13.6. The van der Waals surface area contributed by atoms with Crippen molar-refractivity contribution in [3.05, 3.63) is 76.2 Å². The number of amides is 1. The van der Waals surface area contributed by atoms with Gasteiger partial charge in [-0.1, -0.05) is 6.07 Å². The van der Waals surface area contributed by atoms with E-state index in [-0.39, 0.29) is 29.9 Å². The van der Waals surface area contributed by atoms with E-state index < -0.39 is 4.92 Å². The molecule has 1 amide bonds. The van der Waals surface area contributed by atoms with E-state index in [1.54, 1.807) is 29.2 Å². The largest absolute Gasteiger partial charge is 0.353 e. The number of nitrogens with one attached hydrogen (secondary N) is 1. The van der Waals surface area contributed by atoms with Gasteiger partial charge < -0.3 is 15.1 Å². The summed E-state index contributed by atoms with van der Waals surface area (Å²) in [5, 5.41) is 19.0. The zero-order valence-electron chi connectivity index (χ0n) is 19.2. The first-order valence-electron chi connectivity index (χ1n) is 11.6. The fraction of sp³-hybridized carbons (Fsp3) is 0.375. The molecule has 2 aromatic heterocycles. The van der Waals surface area contributed by atoms with Crippen LogP contribution in [0.5, 0.6) is 0 Å². The molecule has 0 atom stereocenters. The second kappa shape index (κ2) is 10.8. The molecule has 2 saturated heterocycles. The molecule has 1 aromatic carbocycles. The topological polar surface area (TPSA) is 109 Å². The molecule has 2 aliphatic heterocycles. The van der Waals surface area contributed by atoms with Crippen LogP contribution in [0.4, 0.5) is 11.5 Å². The number of hydrogen-bond acceptors (Lipinski definition) is 7. The Morgan fingerprint density at radius 3 is 2.37 bits per heavy atom. The SMILES string of the molecule is Cl.O=C(c1cnn(-c2ccc([N+](=O)[O-])cc2)c1C1CCNCC1)N1CCN(c2ccccn2)CC1. The normalized spacial score (nSPS) is 16.6. The number of aromatic nitrogens is 3.